The third kappa shape index (κ3) is 5.04. The van der Waals surface area contributed by atoms with Crippen molar-refractivity contribution in [1.29, 1.82) is 0 Å². The van der Waals surface area contributed by atoms with Crippen molar-refractivity contribution in [3.05, 3.63) is 76.0 Å². The number of amides is 2. The molecule has 0 saturated carbocycles. The highest BCUT2D eigenvalue weighted by molar-refractivity contribution is 7.12. The summed E-state index contributed by atoms with van der Waals surface area (Å²) in [5.74, 6) is 1.02. The molecular formula is C25H25N3O5S. The molecule has 1 atom stereocenters. The highest BCUT2D eigenvalue weighted by Gasteiger charge is 2.31. The van der Waals surface area contributed by atoms with Gasteiger partial charge in [0.1, 0.15) is 11.8 Å². The fourth-order valence-electron chi connectivity index (χ4n) is 3.56. The number of hydrazone groups is 1. The van der Waals surface area contributed by atoms with Gasteiger partial charge >= 0.3 is 6.09 Å². The molecule has 176 valence electrons. The highest BCUT2D eigenvalue weighted by Crippen LogP contribution is 2.30. The number of hydrogen-bond acceptors (Lipinski definition) is 7. The van der Waals surface area contributed by atoms with Crippen LogP contribution in [0.2, 0.25) is 0 Å². The van der Waals surface area contributed by atoms with Crippen LogP contribution in [0, 0.1) is 0 Å². The first kappa shape index (κ1) is 23.3. The Kier molecular flexibility index (Phi) is 7.12. The lowest BCUT2D eigenvalue weighted by Crippen LogP contribution is -2.41. The maximum Gasteiger partial charge on any atom is 0.431 e. The summed E-state index contributed by atoms with van der Waals surface area (Å²) in [5, 5.41) is 10.6. The summed E-state index contributed by atoms with van der Waals surface area (Å²) < 4.78 is 16.4. The van der Waals surface area contributed by atoms with Crippen LogP contribution in [0.25, 0.3) is 0 Å². The van der Waals surface area contributed by atoms with Crippen molar-refractivity contribution in [3.8, 4) is 11.5 Å². The third-order valence-electron chi connectivity index (χ3n) is 5.33. The molecule has 1 unspecified atom stereocenters. The van der Waals surface area contributed by atoms with Crippen LogP contribution in [-0.2, 0) is 11.3 Å². The first-order chi connectivity index (χ1) is 16.5. The zero-order chi connectivity index (χ0) is 24.1. The van der Waals surface area contributed by atoms with Crippen LogP contribution in [0.3, 0.4) is 0 Å². The van der Waals surface area contributed by atoms with Gasteiger partial charge in [0.2, 0.25) is 0 Å². The molecule has 1 aliphatic rings. The van der Waals surface area contributed by atoms with Gasteiger partial charge in [0, 0.05) is 11.3 Å². The Morgan fingerprint density at radius 2 is 1.88 bits per heavy atom. The smallest absolute Gasteiger partial charge is 0.431 e. The quantitative estimate of drug-likeness (QED) is 0.482. The predicted molar refractivity (Wildman–Crippen MR) is 131 cm³/mol. The van der Waals surface area contributed by atoms with Crippen molar-refractivity contribution in [1.82, 2.24) is 5.01 Å². The Balaban J connectivity index is 1.53. The van der Waals surface area contributed by atoms with Crippen molar-refractivity contribution in [2.45, 2.75) is 26.0 Å². The number of nitrogens with one attached hydrogen (secondary N) is 1. The number of carbonyl (C=O) groups is 2. The minimum Gasteiger partial charge on any atom is -0.493 e. The largest absolute Gasteiger partial charge is 0.493 e. The number of carbonyl (C=O) groups excluding carboxylic acids is 2. The van der Waals surface area contributed by atoms with E-state index in [0.29, 0.717) is 34.2 Å². The number of cyclic esters (lactones) is 1. The molecule has 0 spiro atoms. The fraction of sp³-hybridized carbons (Fsp3) is 0.240. The van der Waals surface area contributed by atoms with Crippen molar-refractivity contribution >= 4 is 34.7 Å². The minimum absolute atomic E-state index is 0.155. The van der Waals surface area contributed by atoms with E-state index in [1.165, 1.54) is 16.3 Å². The fourth-order valence-corrected chi connectivity index (χ4v) is 4.18. The second-order valence-electron chi connectivity index (χ2n) is 7.52. The molecule has 8 nitrogen and oxygen atoms in total. The van der Waals surface area contributed by atoms with Gasteiger partial charge in [-0.1, -0.05) is 25.1 Å². The van der Waals surface area contributed by atoms with E-state index in [0.717, 1.165) is 11.1 Å². The zero-order valence-corrected chi connectivity index (χ0v) is 19.9. The normalized spacial score (nSPS) is 15.4. The van der Waals surface area contributed by atoms with Crippen molar-refractivity contribution in [2.24, 2.45) is 5.10 Å². The van der Waals surface area contributed by atoms with Crippen LogP contribution in [0.5, 0.6) is 11.5 Å². The van der Waals surface area contributed by atoms with Gasteiger partial charge in [-0.25, -0.2) is 4.79 Å². The highest BCUT2D eigenvalue weighted by atomic mass is 32.1. The summed E-state index contributed by atoms with van der Waals surface area (Å²) in [7, 11) is 3.15. The van der Waals surface area contributed by atoms with Gasteiger partial charge in [-0.15, -0.1) is 11.3 Å². The van der Waals surface area contributed by atoms with Gasteiger partial charge in [-0.05, 0) is 53.8 Å². The number of benzene rings is 2. The standard InChI is InChI=1S/C25H25N3O5S/c1-4-19-23(17-9-12-20(31-2)21(14-17)32-3)27-28(25(30)33-19)15-16-7-10-18(11-8-16)26-24(29)22-6-5-13-34-22/h5-14,19H,4,15H2,1-3H3,(H,26,29). The number of nitrogens with zero attached hydrogens (tertiary/aromatic N) is 2. The van der Waals surface area contributed by atoms with E-state index in [1.54, 1.807) is 38.5 Å². The average Bonchev–Trinajstić information content (AvgIpc) is 3.41. The lowest BCUT2D eigenvalue weighted by Gasteiger charge is -2.29. The second-order valence-corrected chi connectivity index (χ2v) is 8.47. The van der Waals surface area contributed by atoms with Crippen LogP contribution in [0.4, 0.5) is 10.5 Å². The first-order valence-electron chi connectivity index (χ1n) is 10.7. The molecule has 0 saturated heterocycles. The number of anilines is 1. The van der Waals surface area contributed by atoms with Gasteiger partial charge < -0.3 is 19.5 Å². The van der Waals surface area contributed by atoms with E-state index < -0.39 is 12.2 Å². The van der Waals surface area contributed by atoms with E-state index in [9.17, 15) is 9.59 Å². The molecule has 1 aliphatic heterocycles. The monoisotopic (exact) mass is 479 g/mol. The lowest BCUT2D eigenvalue weighted by molar-refractivity contribution is 0.0712. The Labute approximate surface area is 201 Å². The Morgan fingerprint density at radius 3 is 2.53 bits per heavy atom. The van der Waals surface area contributed by atoms with E-state index in [4.69, 9.17) is 14.2 Å². The molecule has 0 aliphatic carbocycles. The lowest BCUT2D eigenvalue weighted by atomic mass is 10.0. The Morgan fingerprint density at radius 1 is 1.12 bits per heavy atom. The second kappa shape index (κ2) is 10.4. The number of rotatable bonds is 8. The SMILES string of the molecule is CCC1OC(=O)N(Cc2ccc(NC(=O)c3cccs3)cc2)N=C1c1ccc(OC)c(OC)c1. The van der Waals surface area contributed by atoms with Gasteiger partial charge in [-0.3, -0.25) is 4.79 Å². The molecule has 3 aromatic rings. The molecule has 0 bridgehead atoms. The topological polar surface area (TPSA) is 89.5 Å². The number of methoxy groups -OCH3 is 2. The van der Waals surface area contributed by atoms with Gasteiger partial charge in [0.25, 0.3) is 5.91 Å². The van der Waals surface area contributed by atoms with E-state index in [-0.39, 0.29) is 12.5 Å². The molecule has 1 aromatic heterocycles. The minimum atomic E-state index is -0.508. The predicted octanol–water partition coefficient (Wildman–Crippen LogP) is 5.15. The van der Waals surface area contributed by atoms with Crippen LogP contribution in [0.1, 0.15) is 34.1 Å². The summed E-state index contributed by atoms with van der Waals surface area (Å²) in [6.07, 6.45) is -0.381. The Hall–Kier alpha value is -3.85. The average molecular weight is 480 g/mol. The van der Waals surface area contributed by atoms with Crippen LogP contribution < -0.4 is 14.8 Å². The van der Waals surface area contributed by atoms with Crippen molar-refractivity contribution in [3.63, 3.8) is 0 Å². The number of hydrogen-bond donors (Lipinski definition) is 1. The summed E-state index contributed by atoms with van der Waals surface area (Å²) >= 11 is 1.38. The van der Waals surface area contributed by atoms with Crippen molar-refractivity contribution in [2.75, 3.05) is 19.5 Å². The van der Waals surface area contributed by atoms with E-state index >= 15 is 0 Å². The van der Waals surface area contributed by atoms with Crippen LogP contribution in [-0.4, -0.2) is 43.0 Å². The Bertz CT molecular complexity index is 1190. The summed E-state index contributed by atoms with van der Waals surface area (Å²) in [5.41, 5.74) is 2.94. The number of thiophene rings is 1. The van der Waals surface area contributed by atoms with Gasteiger partial charge in [-0.2, -0.15) is 10.1 Å². The molecular weight excluding hydrogens is 454 g/mol. The first-order valence-corrected chi connectivity index (χ1v) is 11.6. The molecule has 4 rings (SSSR count). The molecule has 0 fully saturated rings. The van der Waals surface area contributed by atoms with Crippen molar-refractivity contribution < 1.29 is 23.8 Å². The van der Waals surface area contributed by atoms with E-state index in [1.807, 2.05) is 42.6 Å². The summed E-state index contributed by atoms with van der Waals surface area (Å²) in [4.78, 5) is 25.5. The van der Waals surface area contributed by atoms with Gasteiger partial charge in [0.15, 0.2) is 11.5 Å². The molecule has 2 amide bonds. The molecule has 1 N–H and O–H groups in total. The van der Waals surface area contributed by atoms with Crippen LogP contribution >= 0.6 is 11.3 Å². The molecule has 0 radical (unpaired) electrons. The maximum absolute atomic E-state index is 12.6. The summed E-state index contributed by atoms with van der Waals surface area (Å²) in [6.45, 7) is 2.16. The zero-order valence-electron chi connectivity index (χ0n) is 19.1. The van der Waals surface area contributed by atoms with Gasteiger partial charge in [0.05, 0.1) is 25.6 Å². The third-order valence-corrected chi connectivity index (χ3v) is 6.20. The maximum atomic E-state index is 12.6. The van der Waals surface area contributed by atoms with Crippen LogP contribution in [0.15, 0.2) is 65.1 Å². The number of ether oxygens (including phenoxy) is 3. The molecule has 9 heteroatoms. The molecule has 2 aromatic carbocycles. The molecule has 34 heavy (non-hydrogen) atoms. The summed E-state index contributed by atoms with van der Waals surface area (Å²) in [6, 6.07) is 16.4. The molecule has 2 heterocycles. The van der Waals surface area contributed by atoms with E-state index in [2.05, 4.69) is 10.4 Å².